The Balaban J connectivity index is 1.66. The molecule has 22 heavy (non-hydrogen) atoms. The standard InChI is InChI=1S/C18H26N4/c1-13-6-5-11-22(12-13)18(19)20-10-9-15-14(2)21-17-8-4-3-7-16(15)17/h3-4,7-8,13,21H,5-6,9-12H2,1-2H3,(H2,19,20). The summed E-state index contributed by atoms with van der Waals surface area (Å²) in [6, 6.07) is 8.45. The second-order valence-electron chi connectivity index (χ2n) is 6.46. The van der Waals surface area contributed by atoms with E-state index in [2.05, 4.69) is 53.0 Å². The Morgan fingerprint density at radius 2 is 2.23 bits per heavy atom. The number of nitrogens with one attached hydrogen (secondary N) is 1. The molecule has 3 rings (SSSR count). The van der Waals surface area contributed by atoms with Gasteiger partial charge in [0.15, 0.2) is 5.96 Å². The molecule has 3 N–H and O–H groups in total. The molecule has 1 unspecified atom stereocenters. The van der Waals surface area contributed by atoms with E-state index in [9.17, 15) is 0 Å². The molecule has 0 amide bonds. The lowest BCUT2D eigenvalue weighted by molar-refractivity contribution is 0.270. The fourth-order valence-electron chi connectivity index (χ4n) is 3.44. The highest BCUT2D eigenvalue weighted by molar-refractivity contribution is 5.84. The molecule has 0 bridgehead atoms. The first-order chi connectivity index (χ1) is 10.6. The second kappa shape index (κ2) is 6.42. The highest BCUT2D eigenvalue weighted by Crippen LogP contribution is 2.22. The zero-order chi connectivity index (χ0) is 15.5. The van der Waals surface area contributed by atoms with E-state index >= 15 is 0 Å². The van der Waals surface area contributed by atoms with Crippen molar-refractivity contribution < 1.29 is 0 Å². The summed E-state index contributed by atoms with van der Waals surface area (Å²) < 4.78 is 0. The summed E-state index contributed by atoms with van der Waals surface area (Å²) in [5.41, 5.74) is 9.97. The van der Waals surface area contributed by atoms with Crippen LogP contribution in [-0.4, -0.2) is 35.5 Å². The van der Waals surface area contributed by atoms with Gasteiger partial charge in [-0.2, -0.15) is 0 Å². The summed E-state index contributed by atoms with van der Waals surface area (Å²) in [5, 5.41) is 1.31. The molecule has 1 atom stereocenters. The van der Waals surface area contributed by atoms with Gasteiger partial charge in [0.2, 0.25) is 0 Å². The van der Waals surface area contributed by atoms with Gasteiger partial charge < -0.3 is 15.6 Å². The molecule has 2 aromatic rings. The number of para-hydroxylation sites is 1. The summed E-state index contributed by atoms with van der Waals surface area (Å²) >= 11 is 0. The molecule has 4 nitrogen and oxygen atoms in total. The Kier molecular flexibility index (Phi) is 4.36. The molecule has 0 aliphatic carbocycles. The first-order valence-corrected chi connectivity index (χ1v) is 8.26. The second-order valence-corrected chi connectivity index (χ2v) is 6.46. The summed E-state index contributed by atoms with van der Waals surface area (Å²) in [7, 11) is 0. The molecule has 1 aromatic heterocycles. The number of piperidine rings is 1. The van der Waals surface area contributed by atoms with Crippen LogP contribution >= 0.6 is 0 Å². The van der Waals surface area contributed by atoms with Gasteiger partial charge in [-0.3, -0.25) is 4.99 Å². The van der Waals surface area contributed by atoms with Crippen molar-refractivity contribution in [3.63, 3.8) is 0 Å². The Hall–Kier alpha value is -1.97. The van der Waals surface area contributed by atoms with Crippen molar-refractivity contribution in [3.8, 4) is 0 Å². The van der Waals surface area contributed by atoms with Crippen LogP contribution in [-0.2, 0) is 6.42 Å². The Labute approximate surface area is 132 Å². The molecule has 1 aliphatic heterocycles. The van der Waals surface area contributed by atoms with Gasteiger partial charge in [0.1, 0.15) is 0 Å². The number of aliphatic imine (C=N–C) groups is 1. The van der Waals surface area contributed by atoms with Crippen LogP contribution in [0.15, 0.2) is 29.3 Å². The lowest BCUT2D eigenvalue weighted by Gasteiger charge is -2.31. The van der Waals surface area contributed by atoms with Crippen LogP contribution in [0.4, 0.5) is 0 Å². The summed E-state index contributed by atoms with van der Waals surface area (Å²) in [6.45, 7) is 7.26. The smallest absolute Gasteiger partial charge is 0.191 e. The molecular formula is C18H26N4. The van der Waals surface area contributed by atoms with E-state index in [1.165, 1.54) is 35.0 Å². The molecule has 0 radical (unpaired) electrons. The number of fused-ring (bicyclic) bond motifs is 1. The van der Waals surface area contributed by atoms with Gasteiger partial charge in [0, 0.05) is 36.2 Å². The highest BCUT2D eigenvalue weighted by atomic mass is 15.3. The molecule has 4 heteroatoms. The zero-order valence-electron chi connectivity index (χ0n) is 13.6. The molecule has 1 saturated heterocycles. The van der Waals surface area contributed by atoms with Gasteiger partial charge in [-0.1, -0.05) is 25.1 Å². The zero-order valence-corrected chi connectivity index (χ0v) is 13.6. The number of rotatable bonds is 3. The van der Waals surface area contributed by atoms with Crippen molar-refractivity contribution in [1.82, 2.24) is 9.88 Å². The lowest BCUT2D eigenvalue weighted by atomic mass is 10.0. The minimum absolute atomic E-state index is 0.712. The molecule has 0 saturated carbocycles. The summed E-state index contributed by atoms with van der Waals surface area (Å²) in [4.78, 5) is 10.3. The molecule has 118 valence electrons. The van der Waals surface area contributed by atoms with E-state index in [-0.39, 0.29) is 0 Å². The molecule has 1 aliphatic rings. The van der Waals surface area contributed by atoms with Crippen LogP contribution in [0.3, 0.4) is 0 Å². The van der Waals surface area contributed by atoms with Crippen LogP contribution in [0.25, 0.3) is 10.9 Å². The number of hydrogen-bond acceptors (Lipinski definition) is 1. The maximum atomic E-state index is 6.17. The number of benzene rings is 1. The summed E-state index contributed by atoms with van der Waals surface area (Å²) in [6.07, 6.45) is 3.46. The monoisotopic (exact) mass is 298 g/mol. The van der Waals surface area contributed by atoms with Crippen molar-refractivity contribution in [2.45, 2.75) is 33.1 Å². The van der Waals surface area contributed by atoms with Gasteiger partial charge in [0.05, 0.1) is 0 Å². The number of aromatic amines is 1. The third-order valence-electron chi connectivity index (χ3n) is 4.64. The van der Waals surface area contributed by atoms with Crippen LogP contribution in [0.1, 0.15) is 31.0 Å². The molecule has 0 spiro atoms. The Morgan fingerprint density at radius 1 is 1.41 bits per heavy atom. The van der Waals surface area contributed by atoms with Gasteiger partial charge >= 0.3 is 0 Å². The van der Waals surface area contributed by atoms with Crippen molar-refractivity contribution in [2.75, 3.05) is 19.6 Å². The number of nitrogens with zero attached hydrogens (tertiary/aromatic N) is 2. The van der Waals surface area contributed by atoms with Gasteiger partial charge in [-0.25, -0.2) is 0 Å². The number of likely N-dealkylation sites (tertiary alicyclic amines) is 1. The maximum Gasteiger partial charge on any atom is 0.191 e. The van der Waals surface area contributed by atoms with E-state index in [4.69, 9.17) is 5.73 Å². The highest BCUT2D eigenvalue weighted by Gasteiger charge is 2.17. The maximum absolute atomic E-state index is 6.17. The number of aromatic nitrogens is 1. The Bertz CT molecular complexity index is 671. The number of guanidine groups is 1. The normalized spacial score (nSPS) is 19.8. The van der Waals surface area contributed by atoms with Gasteiger partial charge in [0.25, 0.3) is 0 Å². The Morgan fingerprint density at radius 3 is 3.05 bits per heavy atom. The predicted octanol–water partition coefficient (Wildman–Crippen LogP) is 3.07. The van der Waals surface area contributed by atoms with E-state index in [1.54, 1.807) is 0 Å². The lowest BCUT2D eigenvalue weighted by Crippen LogP contribution is -2.43. The molecular weight excluding hydrogens is 272 g/mol. The van der Waals surface area contributed by atoms with Gasteiger partial charge in [-0.05, 0) is 43.7 Å². The average Bonchev–Trinajstić information content (AvgIpc) is 2.83. The quantitative estimate of drug-likeness (QED) is 0.676. The average molecular weight is 298 g/mol. The van der Waals surface area contributed by atoms with E-state index in [1.807, 2.05) is 0 Å². The third kappa shape index (κ3) is 3.11. The predicted molar refractivity (Wildman–Crippen MR) is 93.2 cm³/mol. The van der Waals surface area contributed by atoms with Crippen LogP contribution in [0, 0.1) is 12.8 Å². The molecule has 2 heterocycles. The number of nitrogens with two attached hydrogens (primary N) is 1. The van der Waals surface area contributed by atoms with Crippen molar-refractivity contribution in [1.29, 1.82) is 0 Å². The van der Waals surface area contributed by atoms with Crippen LogP contribution < -0.4 is 5.73 Å². The van der Waals surface area contributed by atoms with Crippen LogP contribution in [0.2, 0.25) is 0 Å². The minimum atomic E-state index is 0.712. The topological polar surface area (TPSA) is 57.4 Å². The molecule has 1 aromatic carbocycles. The fourth-order valence-corrected chi connectivity index (χ4v) is 3.44. The van der Waals surface area contributed by atoms with Crippen molar-refractivity contribution >= 4 is 16.9 Å². The first kappa shape index (κ1) is 14.9. The van der Waals surface area contributed by atoms with Crippen molar-refractivity contribution in [3.05, 3.63) is 35.5 Å². The largest absolute Gasteiger partial charge is 0.370 e. The van der Waals surface area contributed by atoms with E-state index in [0.717, 1.165) is 32.0 Å². The SMILES string of the molecule is Cc1[nH]c2ccccc2c1CCN=C(N)N1CCCC(C)C1. The minimum Gasteiger partial charge on any atom is -0.370 e. The molecule has 1 fully saturated rings. The number of hydrogen-bond donors (Lipinski definition) is 2. The number of H-pyrrole nitrogens is 1. The number of aryl methyl sites for hydroxylation is 1. The van der Waals surface area contributed by atoms with Crippen LogP contribution in [0.5, 0.6) is 0 Å². The third-order valence-corrected chi connectivity index (χ3v) is 4.64. The van der Waals surface area contributed by atoms with Crippen molar-refractivity contribution in [2.24, 2.45) is 16.6 Å². The fraction of sp³-hybridized carbons (Fsp3) is 0.500. The van der Waals surface area contributed by atoms with E-state index < -0.39 is 0 Å². The first-order valence-electron chi connectivity index (χ1n) is 8.26. The summed E-state index contributed by atoms with van der Waals surface area (Å²) in [5.74, 6) is 1.43. The van der Waals surface area contributed by atoms with E-state index in [0.29, 0.717) is 5.96 Å². The van der Waals surface area contributed by atoms with Gasteiger partial charge in [-0.15, -0.1) is 0 Å².